The fraction of sp³-hybridized carbons (Fsp3) is 0.111. The molecule has 0 atom stereocenters. The number of carbonyl (C=O) groups is 1. The number of halogens is 2. The number of anilines is 1. The standard InChI is InChI=1S/C18H14ClFN2O2S/c19-14-7-4-8-15(20)13(14)10-24-17(23)16-11-25-18(22-16)21-9-12-5-2-1-3-6-12/h1-8,11H,9-10H2,(H,21,22). The van der Waals surface area contributed by atoms with Crippen LogP contribution in [0.3, 0.4) is 0 Å². The zero-order chi connectivity index (χ0) is 17.6. The van der Waals surface area contributed by atoms with Crippen molar-refractivity contribution in [1.82, 2.24) is 4.98 Å². The second-order valence-corrected chi connectivity index (χ2v) is 6.42. The first kappa shape index (κ1) is 17.4. The second-order valence-electron chi connectivity index (χ2n) is 5.15. The number of hydrogen-bond acceptors (Lipinski definition) is 5. The number of esters is 1. The van der Waals surface area contributed by atoms with Crippen molar-refractivity contribution in [3.05, 3.63) is 81.6 Å². The van der Waals surface area contributed by atoms with Gasteiger partial charge in [0.25, 0.3) is 0 Å². The van der Waals surface area contributed by atoms with E-state index in [9.17, 15) is 9.18 Å². The number of ether oxygens (including phenoxy) is 1. The zero-order valence-corrected chi connectivity index (χ0v) is 14.6. The van der Waals surface area contributed by atoms with Crippen LogP contribution in [0.25, 0.3) is 0 Å². The van der Waals surface area contributed by atoms with Gasteiger partial charge in [0.2, 0.25) is 0 Å². The van der Waals surface area contributed by atoms with Gasteiger partial charge in [0.05, 0.1) is 5.02 Å². The van der Waals surface area contributed by atoms with Gasteiger partial charge in [-0.05, 0) is 17.7 Å². The van der Waals surface area contributed by atoms with E-state index in [2.05, 4.69) is 10.3 Å². The number of rotatable bonds is 6. The quantitative estimate of drug-likeness (QED) is 0.621. The predicted molar refractivity (Wildman–Crippen MR) is 96.4 cm³/mol. The van der Waals surface area contributed by atoms with Gasteiger partial charge in [-0.25, -0.2) is 14.2 Å². The van der Waals surface area contributed by atoms with E-state index >= 15 is 0 Å². The second kappa shape index (κ2) is 8.09. The van der Waals surface area contributed by atoms with Crippen molar-refractivity contribution in [3.63, 3.8) is 0 Å². The van der Waals surface area contributed by atoms with E-state index < -0.39 is 11.8 Å². The molecule has 0 fully saturated rings. The fourth-order valence-electron chi connectivity index (χ4n) is 2.10. The number of aromatic nitrogens is 1. The van der Waals surface area contributed by atoms with Crippen LogP contribution in [0.5, 0.6) is 0 Å². The van der Waals surface area contributed by atoms with Crippen molar-refractivity contribution in [1.29, 1.82) is 0 Å². The molecular formula is C18H14ClFN2O2S. The molecule has 0 amide bonds. The lowest BCUT2D eigenvalue weighted by atomic mass is 10.2. The molecule has 7 heteroatoms. The van der Waals surface area contributed by atoms with Gasteiger partial charge < -0.3 is 10.1 Å². The molecule has 2 aromatic carbocycles. The highest BCUT2D eigenvalue weighted by atomic mass is 35.5. The Labute approximate surface area is 153 Å². The average Bonchev–Trinajstić information content (AvgIpc) is 3.09. The van der Waals surface area contributed by atoms with E-state index in [0.29, 0.717) is 11.7 Å². The number of benzene rings is 2. The van der Waals surface area contributed by atoms with Gasteiger partial charge in [0.15, 0.2) is 10.8 Å². The Kier molecular flexibility index (Phi) is 5.63. The largest absolute Gasteiger partial charge is 0.456 e. The number of hydrogen-bond donors (Lipinski definition) is 1. The fourth-order valence-corrected chi connectivity index (χ4v) is 3.00. The molecule has 1 aromatic heterocycles. The Bertz CT molecular complexity index is 850. The Morgan fingerprint density at radius 1 is 1.20 bits per heavy atom. The topological polar surface area (TPSA) is 51.2 Å². The van der Waals surface area contributed by atoms with Crippen LogP contribution in [0.1, 0.15) is 21.6 Å². The Morgan fingerprint density at radius 3 is 2.76 bits per heavy atom. The number of nitrogens with zero attached hydrogens (tertiary/aromatic N) is 1. The van der Waals surface area contributed by atoms with Crippen LogP contribution >= 0.6 is 22.9 Å². The first-order chi connectivity index (χ1) is 12.1. The first-order valence-electron chi connectivity index (χ1n) is 7.47. The van der Waals surface area contributed by atoms with Crippen molar-refractivity contribution >= 4 is 34.0 Å². The van der Waals surface area contributed by atoms with E-state index in [1.165, 1.54) is 23.5 Å². The lowest BCUT2D eigenvalue weighted by Gasteiger charge is -2.06. The van der Waals surface area contributed by atoms with E-state index in [4.69, 9.17) is 16.3 Å². The molecule has 0 radical (unpaired) electrons. The maximum atomic E-state index is 13.7. The molecule has 0 bridgehead atoms. The molecule has 128 valence electrons. The van der Waals surface area contributed by atoms with Crippen molar-refractivity contribution in [2.75, 3.05) is 5.32 Å². The first-order valence-corrected chi connectivity index (χ1v) is 8.72. The number of thiazole rings is 1. The molecule has 0 unspecified atom stereocenters. The van der Waals surface area contributed by atoms with Crippen LogP contribution in [-0.2, 0) is 17.9 Å². The summed E-state index contributed by atoms with van der Waals surface area (Å²) in [7, 11) is 0. The van der Waals surface area contributed by atoms with Gasteiger partial charge in [-0.2, -0.15) is 0 Å². The molecule has 1 heterocycles. The Morgan fingerprint density at radius 2 is 2.00 bits per heavy atom. The smallest absolute Gasteiger partial charge is 0.358 e. The molecule has 0 saturated heterocycles. The lowest BCUT2D eigenvalue weighted by Crippen LogP contribution is -2.07. The molecule has 1 N–H and O–H groups in total. The van der Waals surface area contributed by atoms with E-state index in [-0.39, 0.29) is 22.9 Å². The van der Waals surface area contributed by atoms with E-state index in [1.54, 1.807) is 11.4 Å². The minimum atomic E-state index is -0.622. The molecule has 0 aliphatic heterocycles. The number of nitrogens with one attached hydrogen (secondary N) is 1. The molecule has 25 heavy (non-hydrogen) atoms. The summed E-state index contributed by atoms with van der Waals surface area (Å²) in [6.45, 7) is 0.363. The van der Waals surface area contributed by atoms with Crippen molar-refractivity contribution in [2.45, 2.75) is 13.2 Å². The van der Waals surface area contributed by atoms with Gasteiger partial charge in [-0.3, -0.25) is 0 Å². The monoisotopic (exact) mass is 376 g/mol. The Balaban J connectivity index is 1.57. The summed E-state index contributed by atoms with van der Waals surface area (Å²) in [5.74, 6) is -1.13. The highest BCUT2D eigenvalue weighted by Crippen LogP contribution is 2.21. The summed E-state index contributed by atoms with van der Waals surface area (Å²) in [6, 6.07) is 14.1. The minimum Gasteiger partial charge on any atom is -0.456 e. The zero-order valence-electron chi connectivity index (χ0n) is 13.0. The molecule has 0 saturated carbocycles. The van der Waals surface area contributed by atoms with Crippen molar-refractivity contribution in [2.24, 2.45) is 0 Å². The molecule has 3 rings (SSSR count). The average molecular weight is 377 g/mol. The predicted octanol–water partition coefficient (Wildman–Crippen LogP) is 4.90. The van der Waals surface area contributed by atoms with E-state index in [0.717, 1.165) is 5.56 Å². The SMILES string of the molecule is O=C(OCc1c(F)cccc1Cl)c1csc(NCc2ccccc2)n1. The maximum absolute atomic E-state index is 13.7. The van der Waals surface area contributed by atoms with Crippen LogP contribution in [-0.4, -0.2) is 11.0 Å². The third-order valence-corrected chi connectivity index (χ3v) is 4.56. The third kappa shape index (κ3) is 4.55. The maximum Gasteiger partial charge on any atom is 0.358 e. The highest BCUT2D eigenvalue weighted by molar-refractivity contribution is 7.13. The van der Waals surface area contributed by atoms with Crippen LogP contribution in [0.15, 0.2) is 53.9 Å². The van der Waals surface area contributed by atoms with Gasteiger partial charge in [0, 0.05) is 17.5 Å². The molecule has 3 aromatic rings. The molecule has 0 spiro atoms. The molecule has 4 nitrogen and oxygen atoms in total. The molecular weight excluding hydrogens is 363 g/mol. The third-order valence-electron chi connectivity index (χ3n) is 3.41. The molecule has 0 aliphatic rings. The summed E-state index contributed by atoms with van der Waals surface area (Å²) in [5, 5.41) is 5.57. The summed E-state index contributed by atoms with van der Waals surface area (Å²) in [6.07, 6.45) is 0. The Hall–Kier alpha value is -2.44. The van der Waals surface area contributed by atoms with Crippen LogP contribution in [0, 0.1) is 5.82 Å². The summed E-state index contributed by atoms with van der Waals surface area (Å²) >= 11 is 7.21. The van der Waals surface area contributed by atoms with Gasteiger partial charge in [-0.1, -0.05) is 48.0 Å². The minimum absolute atomic E-state index is 0.148. The summed E-state index contributed by atoms with van der Waals surface area (Å²) in [4.78, 5) is 16.2. The van der Waals surface area contributed by atoms with Crippen LogP contribution < -0.4 is 5.32 Å². The van der Waals surface area contributed by atoms with Gasteiger partial charge >= 0.3 is 5.97 Å². The van der Waals surface area contributed by atoms with Crippen molar-refractivity contribution < 1.29 is 13.9 Å². The normalized spacial score (nSPS) is 10.5. The lowest BCUT2D eigenvalue weighted by molar-refractivity contribution is 0.0463. The summed E-state index contributed by atoms with van der Waals surface area (Å²) in [5.41, 5.74) is 1.43. The van der Waals surface area contributed by atoms with Gasteiger partial charge in [-0.15, -0.1) is 11.3 Å². The molecule has 0 aliphatic carbocycles. The number of carbonyl (C=O) groups excluding carboxylic acids is 1. The summed E-state index contributed by atoms with van der Waals surface area (Å²) < 4.78 is 18.8. The van der Waals surface area contributed by atoms with Crippen LogP contribution in [0.4, 0.5) is 9.52 Å². The van der Waals surface area contributed by atoms with Crippen molar-refractivity contribution in [3.8, 4) is 0 Å². The van der Waals surface area contributed by atoms with E-state index in [1.807, 2.05) is 30.3 Å². The highest BCUT2D eigenvalue weighted by Gasteiger charge is 2.15. The van der Waals surface area contributed by atoms with Gasteiger partial charge in [0.1, 0.15) is 12.4 Å². The van der Waals surface area contributed by atoms with Crippen LogP contribution in [0.2, 0.25) is 5.02 Å².